The summed E-state index contributed by atoms with van der Waals surface area (Å²) in [5.74, 6) is 0.740. The third-order valence-electron chi connectivity index (χ3n) is 15.4. The summed E-state index contributed by atoms with van der Waals surface area (Å²) in [6.45, 7) is 17.8. The second kappa shape index (κ2) is 12.4. The minimum Gasteiger partial charge on any atom is -0.457 e. The third kappa shape index (κ3) is 5.63. The molecule has 0 aromatic heterocycles. The van der Waals surface area contributed by atoms with Crippen LogP contribution in [0.1, 0.15) is 113 Å². The van der Waals surface area contributed by atoms with Crippen molar-refractivity contribution in [2.75, 3.05) is 26.3 Å². The highest BCUT2D eigenvalue weighted by Gasteiger charge is 2.81. The van der Waals surface area contributed by atoms with Crippen LogP contribution in [0.5, 0.6) is 0 Å². The first-order valence-electron chi connectivity index (χ1n) is 19.4. The van der Waals surface area contributed by atoms with Crippen molar-refractivity contribution in [3.05, 3.63) is 0 Å². The lowest BCUT2D eigenvalue weighted by Crippen LogP contribution is -2.56. The molecule has 7 rings (SSSR count). The Hall–Kier alpha value is -1.30. The largest absolute Gasteiger partial charge is 0.457 e. The first kappa shape index (κ1) is 36.1. The van der Waals surface area contributed by atoms with Crippen LogP contribution in [0.2, 0.25) is 0 Å². The standard InChI is InChI=1S/C39H63NO9/c1-22(2)26(48-30-18-40-17-25(19-46-30)45-20-29(40)42)11-13-38-12-9-10-28-37(8)33(43)32-31(36(37,7)14-15-39(28,38)21-38)23(3)16-27(49-32)34(35(5,6)44)47-24(4)41/h22-23,25-28,30-34,43-44H,9-21H2,1-8H3. The molecule has 3 saturated heterocycles. The summed E-state index contributed by atoms with van der Waals surface area (Å²) in [5.41, 5.74) is -1.17. The molecule has 7 aliphatic rings. The molecule has 0 radical (unpaired) electrons. The van der Waals surface area contributed by atoms with Gasteiger partial charge in [0.2, 0.25) is 5.91 Å². The Morgan fingerprint density at radius 2 is 1.90 bits per heavy atom. The van der Waals surface area contributed by atoms with Crippen LogP contribution in [0.25, 0.3) is 0 Å². The zero-order valence-corrected chi connectivity index (χ0v) is 31.2. The summed E-state index contributed by atoms with van der Waals surface area (Å²) in [6.07, 6.45) is 6.99. The van der Waals surface area contributed by atoms with E-state index in [2.05, 4.69) is 34.6 Å². The summed E-state index contributed by atoms with van der Waals surface area (Å²) in [4.78, 5) is 26.4. The summed E-state index contributed by atoms with van der Waals surface area (Å²) in [5, 5.41) is 23.5. The molecular formula is C39H63NO9. The van der Waals surface area contributed by atoms with Crippen LogP contribution in [0.15, 0.2) is 0 Å². The first-order chi connectivity index (χ1) is 23.0. The van der Waals surface area contributed by atoms with Gasteiger partial charge in [-0.2, -0.15) is 0 Å². The number of hydrogen-bond acceptors (Lipinski definition) is 9. The molecule has 7 fully saturated rings. The zero-order chi connectivity index (χ0) is 35.3. The Labute approximate surface area is 293 Å². The van der Waals surface area contributed by atoms with Crippen molar-refractivity contribution in [3.63, 3.8) is 0 Å². The number of fused-ring (bicyclic) bond motifs is 6. The highest BCUT2D eigenvalue weighted by atomic mass is 16.7. The van der Waals surface area contributed by atoms with E-state index in [-0.39, 0.29) is 64.3 Å². The van der Waals surface area contributed by atoms with Crippen LogP contribution >= 0.6 is 0 Å². The van der Waals surface area contributed by atoms with Crippen molar-refractivity contribution in [3.8, 4) is 0 Å². The molecule has 3 heterocycles. The average Bonchev–Trinajstić information content (AvgIpc) is 3.70. The Balaban J connectivity index is 1.08. The van der Waals surface area contributed by atoms with Gasteiger partial charge in [-0.3, -0.25) is 9.59 Å². The van der Waals surface area contributed by atoms with E-state index in [0.717, 1.165) is 25.7 Å². The normalized spacial score (nSPS) is 47.3. The number of hydrogen-bond donors (Lipinski definition) is 2. The van der Waals surface area contributed by atoms with Crippen LogP contribution in [0.4, 0.5) is 0 Å². The number of carbonyl (C=O) groups excluding carboxylic acids is 2. The quantitative estimate of drug-likeness (QED) is 0.327. The summed E-state index contributed by atoms with van der Waals surface area (Å²) in [7, 11) is 0. The SMILES string of the molecule is CC(=O)OC(C1CC(C)C2C(O1)C(O)C1(C)C3CCCC4(CCC(OC5CN6CC(CO5)OCC6=O)C(C)C)CC34CCC21C)C(C)(C)O. The smallest absolute Gasteiger partial charge is 0.303 e. The van der Waals surface area contributed by atoms with Gasteiger partial charge in [0, 0.05) is 18.9 Å². The fourth-order valence-corrected chi connectivity index (χ4v) is 12.9. The zero-order valence-electron chi connectivity index (χ0n) is 31.2. The molecule has 14 atom stereocenters. The number of nitrogens with zero attached hydrogens (tertiary/aromatic N) is 1. The summed E-state index contributed by atoms with van der Waals surface area (Å²) >= 11 is 0. The Bertz CT molecular complexity index is 1290. The van der Waals surface area contributed by atoms with E-state index in [1.54, 1.807) is 13.8 Å². The number of ether oxygens (including phenoxy) is 5. The maximum Gasteiger partial charge on any atom is 0.303 e. The highest BCUT2D eigenvalue weighted by Crippen LogP contribution is 2.86. The van der Waals surface area contributed by atoms with E-state index in [4.69, 9.17) is 23.7 Å². The molecular weight excluding hydrogens is 626 g/mol. The summed E-state index contributed by atoms with van der Waals surface area (Å²) < 4.78 is 31.0. The van der Waals surface area contributed by atoms with Gasteiger partial charge in [-0.1, -0.05) is 41.0 Å². The van der Waals surface area contributed by atoms with Gasteiger partial charge >= 0.3 is 5.97 Å². The predicted octanol–water partition coefficient (Wildman–Crippen LogP) is 4.86. The van der Waals surface area contributed by atoms with Gasteiger partial charge in [-0.15, -0.1) is 0 Å². The van der Waals surface area contributed by atoms with Gasteiger partial charge < -0.3 is 38.8 Å². The van der Waals surface area contributed by atoms with Crippen LogP contribution in [0.3, 0.4) is 0 Å². The fraction of sp³-hybridized carbons (Fsp3) is 0.949. The molecule has 2 N–H and O–H groups in total. The highest BCUT2D eigenvalue weighted by molar-refractivity contribution is 5.78. The minimum absolute atomic E-state index is 0.00649. The Morgan fingerprint density at radius 3 is 2.59 bits per heavy atom. The van der Waals surface area contributed by atoms with E-state index in [9.17, 15) is 19.8 Å². The monoisotopic (exact) mass is 689 g/mol. The van der Waals surface area contributed by atoms with Crippen LogP contribution in [0, 0.1) is 45.3 Å². The molecule has 3 aliphatic heterocycles. The van der Waals surface area contributed by atoms with E-state index >= 15 is 0 Å². The fourth-order valence-electron chi connectivity index (χ4n) is 12.9. The van der Waals surface area contributed by atoms with Gasteiger partial charge in [0.05, 0.1) is 49.3 Å². The van der Waals surface area contributed by atoms with Crippen molar-refractivity contribution >= 4 is 11.9 Å². The van der Waals surface area contributed by atoms with E-state index < -0.39 is 36.2 Å². The van der Waals surface area contributed by atoms with Crippen molar-refractivity contribution in [1.82, 2.24) is 4.90 Å². The number of morpholine rings is 1. The third-order valence-corrected chi connectivity index (χ3v) is 15.4. The van der Waals surface area contributed by atoms with Gasteiger partial charge in [0.1, 0.15) is 6.61 Å². The minimum atomic E-state index is -1.27. The van der Waals surface area contributed by atoms with Crippen molar-refractivity contribution in [1.29, 1.82) is 0 Å². The molecule has 4 aliphatic carbocycles. The molecule has 0 aromatic carbocycles. The van der Waals surface area contributed by atoms with E-state index in [0.29, 0.717) is 38.0 Å². The second-order valence-electron chi connectivity index (χ2n) is 18.7. The molecule has 1 amide bonds. The predicted molar refractivity (Wildman–Crippen MR) is 181 cm³/mol. The molecule has 10 nitrogen and oxygen atoms in total. The number of aliphatic hydroxyl groups is 2. The maximum absolute atomic E-state index is 12.5. The number of esters is 1. The molecule has 49 heavy (non-hydrogen) atoms. The second-order valence-corrected chi connectivity index (χ2v) is 18.7. The lowest BCUT2D eigenvalue weighted by molar-refractivity contribution is -0.216. The summed E-state index contributed by atoms with van der Waals surface area (Å²) in [6, 6.07) is 0. The Kier molecular flexibility index (Phi) is 9.13. The molecule has 1 spiro atoms. The molecule has 2 bridgehead atoms. The van der Waals surface area contributed by atoms with E-state index in [1.807, 2.05) is 4.90 Å². The first-order valence-corrected chi connectivity index (χ1v) is 19.4. The van der Waals surface area contributed by atoms with Gasteiger partial charge in [-0.25, -0.2) is 0 Å². The molecule has 4 saturated carbocycles. The molecule has 0 aromatic rings. The number of aliphatic hydroxyl groups excluding tert-OH is 1. The molecule has 278 valence electrons. The lowest BCUT2D eigenvalue weighted by Gasteiger charge is -2.60. The number of carbonyl (C=O) groups is 2. The number of amides is 1. The number of rotatable bonds is 9. The topological polar surface area (TPSA) is 124 Å². The van der Waals surface area contributed by atoms with Gasteiger partial charge in [0.25, 0.3) is 0 Å². The molecule has 14 unspecified atom stereocenters. The van der Waals surface area contributed by atoms with Crippen LogP contribution in [-0.2, 0) is 33.3 Å². The molecule has 10 heteroatoms. The van der Waals surface area contributed by atoms with Gasteiger partial charge in [-0.05, 0) is 105 Å². The van der Waals surface area contributed by atoms with Gasteiger partial charge in [0.15, 0.2) is 12.4 Å². The van der Waals surface area contributed by atoms with E-state index in [1.165, 1.54) is 32.6 Å². The average molecular weight is 690 g/mol. The van der Waals surface area contributed by atoms with Crippen molar-refractivity contribution in [2.24, 2.45) is 45.3 Å². The van der Waals surface area contributed by atoms with Crippen LogP contribution < -0.4 is 0 Å². The van der Waals surface area contributed by atoms with Crippen molar-refractivity contribution in [2.45, 2.75) is 162 Å². The van der Waals surface area contributed by atoms with Crippen molar-refractivity contribution < 1.29 is 43.5 Å². The maximum atomic E-state index is 12.5. The van der Waals surface area contributed by atoms with Crippen LogP contribution in [-0.4, -0.2) is 102 Å². The lowest BCUT2D eigenvalue weighted by atomic mass is 9.44. The Morgan fingerprint density at radius 1 is 1.14 bits per heavy atom.